The molecule has 2 heterocycles. The molecule has 0 aliphatic carbocycles. The van der Waals surface area contributed by atoms with Gasteiger partial charge >= 0.3 is 0 Å². The van der Waals surface area contributed by atoms with Crippen molar-refractivity contribution in [2.45, 2.75) is 5.16 Å². The highest BCUT2D eigenvalue weighted by Crippen LogP contribution is 2.34. The third-order valence-corrected chi connectivity index (χ3v) is 6.34. The first-order valence-electron chi connectivity index (χ1n) is 9.32. The number of carbonyl (C=O) groups is 1. The van der Waals surface area contributed by atoms with E-state index in [1.807, 2.05) is 41.8 Å². The number of rotatable bonds is 6. The molecule has 3 aromatic carbocycles. The molecular formula is C22H15ClN4O2S2. The van der Waals surface area contributed by atoms with Gasteiger partial charge in [-0.2, -0.15) is 0 Å². The Bertz CT molecular complexity index is 1390. The van der Waals surface area contributed by atoms with Crippen LogP contribution in [0.4, 0.5) is 5.13 Å². The van der Waals surface area contributed by atoms with Gasteiger partial charge in [0.15, 0.2) is 10.3 Å². The van der Waals surface area contributed by atoms with Crippen LogP contribution in [0.3, 0.4) is 0 Å². The lowest BCUT2D eigenvalue weighted by atomic mass is 10.1. The monoisotopic (exact) mass is 466 g/mol. The van der Waals surface area contributed by atoms with Crippen LogP contribution < -0.4 is 10.1 Å². The molecule has 0 aliphatic heterocycles. The van der Waals surface area contributed by atoms with E-state index >= 15 is 0 Å². The maximum Gasteiger partial charge on any atom is 0.236 e. The van der Waals surface area contributed by atoms with Crippen molar-refractivity contribution in [3.8, 4) is 11.5 Å². The van der Waals surface area contributed by atoms with Crippen molar-refractivity contribution < 1.29 is 9.53 Å². The van der Waals surface area contributed by atoms with Gasteiger partial charge in [-0.15, -0.1) is 11.3 Å². The van der Waals surface area contributed by atoms with Crippen LogP contribution in [0.5, 0.6) is 11.5 Å². The summed E-state index contributed by atoms with van der Waals surface area (Å²) in [5.74, 6) is 1.30. The molecule has 0 radical (unpaired) electrons. The summed E-state index contributed by atoms with van der Waals surface area (Å²) >= 11 is 9.12. The van der Waals surface area contributed by atoms with Gasteiger partial charge in [0, 0.05) is 17.6 Å². The van der Waals surface area contributed by atoms with E-state index in [1.54, 1.807) is 18.3 Å². The van der Waals surface area contributed by atoms with Crippen LogP contribution in [-0.2, 0) is 4.79 Å². The summed E-state index contributed by atoms with van der Waals surface area (Å²) in [6.07, 6.45) is 1.65. The minimum absolute atomic E-state index is 0.140. The summed E-state index contributed by atoms with van der Waals surface area (Å²) in [5.41, 5.74) is 1.49. The summed E-state index contributed by atoms with van der Waals surface area (Å²) in [6, 6.07) is 17.6. The quantitative estimate of drug-likeness (QED) is 0.285. The summed E-state index contributed by atoms with van der Waals surface area (Å²) < 4.78 is 6.03. The molecule has 0 aliphatic rings. The van der Waals surface area contributed by atoms with Crippen molar-refractivity contribution in [2.75, 3.05) is 11.1 Å². The van der Waals surface area contributed by atoms with Crippen molar-refractivity contribution in [3.63, 3.8) is 0 Å². The first-order chi connectivity index (χ1) is 15.1. The second-order valence-electron chi connectivity index (χ2n) is 6.63. The maximum absolute atomic E-state index is 12.1. The Hall–Kier alpha value is -3.07. The second-order valence-corrected chi connectivity index (χ2v) is 8.89. The van der Waals surface area contributed by atoms with Crippen molar-refractivity contribution in [1.82, 2.24) is 15.0 Å². The molecule has 0 spiro atoms. The number of halogens is 1. The largest absolute Gasteiger partial charge is 0.456 e. The van der Waals surface area contributed by atoms with Gasteiger partial charge in [-0.05, 0) is 29.0 Å². The van der Waals surface area contributed by atoms with Gasteiger partial charge in [-0.25, -0.2) is 9.97 Å². The average Bonchev–Trinajstić information content (AvgIpc) is 3.42. The highest BCUT2D eigenvalue weighted by molar-refractivity contribution is 7.99. The lowest BCUT2D eigenvalue weighted by Crippen LogP contribution is -2.13. The number of imidazole rings is 1. The van der Waals surface area contributed by atoms with Gasteiger partial charge in [0.05, 0.1) is 21.8 Å². The predicted molar refractivity (Wildman–Crippen MR) is 127 cm³/mol. The molecule has 0 saturated carbocycles. The standard InChI is InChI=1S/C22H15ClN4O2S2/c23-16-10-17-18(26-22(25-17)31-12-20(28)27-21-24-7-8-30-21)11-19(16)29-15-6-5-13-3-1-2-4-14(13)9-15/h1-11H,12H2,(H,25,26)(H,24,27,28). The Morgan fingerprint density at radius 2 is 2.03 bits per heavy atom. The number of thioether (sulfide) groups is 1. The van der Waals surface area contributed by atoms with Crippen LogP contribution >= 0.6 is 34.7 Å². The molecule has 154 valence electrons. The Labute approximate surface area is 190 Å². The number of thiazole rings is 1. The zero-order valence-corrected chi connectivity index (χ0v) is 18.4. The van der Waals surface area contributed by atoms with Gasteiger partial charge in [0.2, 0.25) is 5.91 Å². The fourth-order valence-electron chi connectivity index (χ4n) is 3.07. The van der Waals surface area contributed by atoms with Crippen LogP contribution in [0.15, 0.2) is 71.3 Å². The van der Waals surface area contributed by atoms with Crippen LogP contribution in [0, 0.1) is 0 Å². The number of hydrogen-bond donors (Lipinski definition) is 2. The van der Waals surface area contributed by atoms with Crippen molar-refractivity contribution in [1.29, 1.82) is 0 Å². The molecule has 0 fully saturated rings. The van der Waals surface area contributed by atoms with E-state index in [1.165, 1.54) is 23.1 Å². The highest BCUT2D eigenvalue weighted by Gasteiger charge is 2.12. The number of amides is 1. The lowest BCUT2D eigenvalue weighted by molar-refractivity contribution is -0.113. The Morgan fingerprint density at radius 3 is 2.87 bits per heavy atom. The zero-order chi connectivity index (χ0) is 21.2. The molecule has 0 bridgehead atoms. The Kier molecular flexibility index (Phi) is 5.50. The topological polar surface area (TPSA) is 79.9 Å². The number of benzene rings is 3. The molecule has 9 heteroatoms. The van der Waals surface area contributed by atoms with Gasteiger partial charge in [0.25, 0.3) is 0 Å². The third-order valence-electron chi connectivity index (χ3n) is 4.48. The van der Waals surface area contributed by atoms with Crippen LogP contribution in [0.25, 0.3) is 21.8 Å². The van der Waals surface area contributed by atoms with Crippen LogP contribution in [0.1, 0.15) is 0 Å². The number of nitrogens with zero attached hydrogens (tertiary/aromatic N) is 2. The van der Waals surface area contributed by atoms with E-state index in [9.17, 15) is 4.79 Å². The predicted octanol–water partition coefficient (Wildman–Crippen LogP) is 6.35. The number of H-pyrrole nitrogens is 1. The van der Waals surface area contributed by atoms with Crippen molar-refractivity contribution in [2.24, 2.45) is 0 Å². The Morgan fingerprint density at radius 1 is 1.16 bits per heavy atom. The van der Waals surface area contributed by atoms with E-state index in [2.05, 4.69) is 26.3 Å². The number of carbonyl (C=O) groups excluding carboxylic acids is 1. The number of nitrogens with one attached hydrogen (secondary N) is 2. The van der Waals surface area contributed by atoms with E-state index in [0.29, 0.717) is 32.3 Å². The van der Waals surface area contributed by atoms with Crippen molar-refractivity contribution in [3.05, 3.63) is 71.2 Å². The maximum atomic E-state index is 12.1. The normalized spacial score (nSPS) is 11.1. The van der Waals surface area contributed by atoms with E-state index in [0.717, 1.165) is 16.3 Å². The minimum atomic E-state index is -0.140. The first kappa shape index (κ1) is 19.9. The average molecular weight is 467 g/mol. The number of ether oxygens (including phenoxy) is 1. The molecule has 1 amide bonds. The van der Waals surface area contributed by atoms with Crippen LogP contribution in [0.2, 0.25) is 5.02 Å². The highest BCUT2D eigenvalue weighted by atomic mass is 35.5. The van der Waals surface area contributed by atoms with Gasteiger partial charge in [-0.3, -0.25) is 4.79 Å². The second kappa shape index (κ2) is 8.58. The molecule has 2 N–H and O–H groups in total. The fraction of sp³-hybridized carbons (Fsp3) is 0.0455. The number of aromatic amines is 1. The van der Waals surface area contributed by atoms with E-state index in [4.69, 9.17) is 16.3 Å². The zero-order valence-electron chi connectivity index (χ0n) is 16.0. The summed E-state index contributed by atoms with van der Waals surface area (Å²) in [6.45, 7) is 0. The minimum Gasteiger partial charge on any atom is -0.456 e. The van der Waals surface area contributed by atoms with Crippen molar-refractivity contribution >= 4 is 67.5 Å². The molecule has 5 aromatic rings. The molecule has 0 unspecified atom stereocenters. The third kappa shape index (κ3) is 4.51. The van der Waals surface area contributed by atoms with Crippen LogP contribution in [-0.4, -0.2) is 26.6 Å². The molecule has 6 nitrogen and oxygen atoms in total. The van der Waals surface area contributed by atoms with Gasteiger partial charge in [0.1, 0.15) is 11.5 Å². The molecule has 0 atom stereocenters. The molecule has 5 rings (SSSR count). The lowest BCUT2D eigenvalue weighted by Gasteiger charge is -2.08. The van der Waals surface area contributed by atoms with Gasteiger partial charge in [-0.1, -0.05) is 53.7 Å². The number of fused-ring (bicyclic) bond motifs is 2. The van der Waals surface area contributed by atoms with E-state index < -0.39 is 0 Å². The van der Waals surface area contributed by atoms with Gasteiger partial charge < -0.3 is 15.0 Å². The molecule has 2 aromatic heterocycles. The first-order valence-corrected chi connectivity index (χ1v) is 11.6. The molecule has 0 saturated heterocycles. The number of aromatic nitrogens is 3. The summed E-state index contributed by atoms with van der Waals surface area (Å²) in [7, 11) is 0. The summed E-state index contributed by atoms with van der Waals surface area (Å²) in [4.78, 5) is 23.8. The number of anilines is 1. The smallest absolute Gasteiger partial charge is 0.236 e. The molecule has 31 heavy (non-hydrogen) atoms. The summed E-state index contributed by atoms with van der Waals surface area (Å²) in [5, 5.41) is 8.47. The SMILES string of the molecule is O=C(CSc1nc2cc(Oc3ccc4ccccc4c3)c(Cl)cc2[nH]1)Nc1nccs1. The Balaban J connectivity index is 1.32. The van der Waals surface area contributed by atoms with E-state index in [-0.39, 0.29) is 11.7 Å². The fourth-order valence-corrected chi connectivity index (χ4v) is 4.50. The molecular weight excluding hydrogens is 452 g/mol. The number of hydrogen-bond acceptors (Lipinski definition) is 6.